The molecule has 1 amide bonds. The number of carbonyl (C=O) groups excluding carboxylic acids is 1. The molecule has 2 heterocycles. The number of likely N-dealkylation sites (tertiary alicyclic amines) is 1. The standard InChI is InChI=1S/C33H40Cl2N4OS/c1-41-31-9-5-2-6-26(31)23-38-18-20-39(21-19-38)33(40)32(36)24-12-15-37(16-13-24)17-14-25-22-27(34)10-11-28(25)29-7-3-4-8-30(29)35/h2-11,22,24,32H,12-21,23,36H2,1H3/t32-/m1/s1. The van der Waals surface area contributed by atoms with Crippen LogP contribution in [0, 0.1) is 5.92 Å². The number of piperazine rings is 1. The van der Waals surface area contributed by atoms with Gasteiger partial charge in [-0.1, -0.05) is 65.7 Å². The van der Waals surface area contributed by atoms with Crippen LogP contribution in [-0.2, 0) is 17.8 Å². The predicted octanol–water partition coefficient (Wildman–Crippen LogP) is 6.31. The Kier molecular flexibility index (Phi) is 10.7. The Labute approximate surface area is 259 Å². The topological polar surface area (TPSA) is 52.8 Å². The van der Waals surface area contributed by atoms with Gasteiger partial charge in [0.1, 0.15) is 0 Å². The quantitative estimate of drug-likeness (QED) is 0.288. The average molecular weight is 612 g/mol. The summed E-state index contributed by atoms with van der Waals surface area (Å²) in [5.41, 5.74) is 11.3. The molecule has 3 aromatic carbocycles. The van der Waals surface area contributed by atoms with Crippen molar-refractivity contribution in [1.82, 2.24) is 14.7 Å². The van der Waals surface area contributed by atoms with E-state index in [1.807, 2.05) is 29.2 Å². The largest absolute Gasteiger partial charge is 0.339 e. The van der Waals surface area contributed by atoms with Gasteiger partial charge in [-0.25, -0.2) is 0 Å². The Morgan fingerprint density at radius 2 is 1.59 bits per heavy atom. The molecule has 1 atom stereocenters. The van der Waals surface area contributed by atoms with Gasteiger partial charge < -0.3 is 15.5 Å². The lowest BCUT2D eigenvalue weighted by molar-refractivity contribution is -0.136. The Bertz CT molecular complexity index is 1320. The minimum Gasteiger partial charge on any atom is -0.339 e. The summed E-state index contributed by atoms with van der Waals surface area (Å²) in [5.74, 6) is 0.353. The summed E-state index contributed by atoms with van der Waals surface area (Å²) in [6.07, 6.45) is 4.91. The fourth-order valence-electron chi connectivity index (χ4n) is 6.14. The fraction of sp³-hybridized carbons (Fsp3) is 0.424. The molecule has 0 saturated carbocycles. The SMILES string of the molecule is CSc1ccccc1CN1CCN(C(=O)[C@H](N)C2CCN(CCc3cc(Cl)ccc3-c3ccccc3Cl)CC2)CC1. The zero-order valence-corrected chi connectivity index (χ0v) is 26.1. The van der Waals surface area contributed by atoms with Crippen molar-refractivity contribution >= 4 is 40.9 Å². The lowest BCUT2D eigenvalue weighted by atomic mass is 9.88. The first-order valence-electron chi connectivity index (χ1n) is 14.6. The number of hydrogen-bond acceptors (Lipinski definition) is 5. The molecule has 5 nitrogen and oxygen atoms in total. The summed E-state index contributed by atoms with van der Waals surface area (Å²) < 4.78 is 0. The molecule has 0 bridgehead atoms. The van der Waals surface area contributed by atoms with Crippen molar-refractivity contribution < 1.29 is 4.79 Å². The van der Waals surface area contributed by atoms with Crippen molar-refractivity contribution in [3.8, 4) is 11.1 Å². The van der Waals surface area contributed by atoms with E-state index in [9.17, 15) is 4.79 Å². The molecule has 2 aliphatic rings. The Morgan fingerprint density at radius 3 is 2.32 bits per heavy atom. The molecule has 0 aromatic heterocycles. The number of hydrogen-bond donors (Lipinski definition) is 1. The second-order valence-electron chi connectivity index (χ2n) is 11.1. The fourth-order valence-corrected chi connectivity index (χ4v) is 7.18. The first kappa shape index (κ1) is 30.4. The van der Waals surface area contributed by atoms with Crippen molar-refractivity contribution in [3.05, 3.63) is 87.9 Å². The molecule has 2 N–H and O–H groups in total. The summed E-state index contributed by atoms with van der Waals surface area (Å²) in [7, 11) is 0. The third kappa shape index (κ3) is 7.67. The number of nitrogens with zero attached hydrogens (tertiary/aromatic N) is 3. The number of piperidine rings is 1. The normalized spacial score (nSPS) is 18.0. The van der Waals surface area contributed by atoms with Gasteiger partial charge in [0.2, 0.25) is 5.91 Å². The highest BCUT2D eigenvalue weighted by Gasteiger charge is 2.32. The van der Waals surface area contributed by atoms with Crippen LogP contribution in [0.1, 0.15) is 24.0 Å². The molecule has 0 aliphatic carbocycles. The highest BCUT2D eigenvalue weighted by Crippen LogP contribution is 2.33. The molecular formula is C33H40Cl2N4OS. The average Bonchev–Trinajstić information content (AvgIpc) is 3.01. The van der Waals surface area contributed by atoms with Crippen LogP contribution in [0.5, 0.6) is 0 Å². The molecule has 218 valence electrons. The van der Waals surface area contributed by atoms with Gasteiger partial charge in [-0.3, -0.25) is 9.69 Å². The van der Waals surface area contributed by atoms with Crippen molar-refractivity contribution in [2.24, 2.45) is 11.7 Å². The van der Waals surface area contributed by atoms with E-state index in [1.165, 1.54) is 16.0 Å². The van der Waals surface area contributed by atoms with Crippen LogP contribution in [0.25, 0.3) is 11.1 Å². The molecule has 2 saturated heterocycles. The van der Waals surface area contributed by atoms with Crippen molar-refractivity contribution in [2.45, 2.75) is 36.7 Å². The Hall–Kier alpha value is -2.06. The van der Waals surface area contributed by atoms with Crippen LogP contribution in [0.2, 0.25) is 10.0 Å². The van der Waals surface area contributed by atoms with Gasteiger partial charge in [-0.2, -0.15) is 0 Å². The third-order valence-corrected chi connectivity index (χ3v) is 10.0. The number of rotatable bonds is 9. The number of halogens is 2. The van der Waals surface area contributed by atoms with Crippen LogP contribution in [0.4, 0.5) is 0 Å². The van der Waals surface area contributed by atoms with E-state index in [0.717, 1.165) is 92.8 Å². The van der Waals surface area contributed by atoms with Crippen molar-refractivity contribution in [1.29, 1.82) is 0 Å². The van der Waals surface area contributed by atoms with E-state index in [-0.39, 0.29) is 11.8 Å². The van der Waals surface area contributed by atoms with E-state index < -0.39 is 6.04 Å². The lowest BCUT2D eigenvalue weighted by Gasteiger charge is -2.39. The molecule has 3 aromatic rings. The van der Waals surface area contributed by atoms with Gasteiger partial charge in [0.15, 0.2) is 0 Å². The Morgan fingerprint density at radius 1 is 0.878 bits per heavy atom. The van der Waals surface area contributed by atoms with Gasteiger partial charge in [-0.15, -0.1) is 11.8 Å². The molecule has 0 unspecified atom stereocenters. The summed E-state index contributed by atoms with van der Waals surface area (Å²) >= 11 is 14.7. The highest BCUT2D eigenvalue weighted by molar-refractivity contribution is 7.98. The zero-order chi connectivity index (χ0) is 28.8. The van der Waals surface area contributed by atoms with Gasteiger partial charge in [0.25, 0.3) is 0 Å². The van der Waals surface area contributed by atoms with Gasteiger partial charge in [0.05, 0.1) is 6.04 Å². The van der Waals surface area contributed by atoms with E-state index in [0.29, 0.717) is 0 Å². The number of thioether (sulfide) groups is 1. The molecule has 8 heteroatoms. The van der Waals surface area contributed by atoms with E-state index in [1.54, 1.807) is 11.8 Å². The van der Waals surface area contributed by atoms with Gasteiger partial charge in [0, 0.05) is 59.8 Å². The summed E-state index contributed by atoms with van der Waals surface area (Å²) in [4.78, 5) is 21.6. The van der Waals surface area contributed by atoms with Crippen LogP contribution in [-0.4, -0.2) is 78.7 Å². The molecule has 41 heavy (non-hydrogen) atoms. The van der Waals surface area contributed by atoms with Crippen LogP contribution < -0.4 is 5.73 Å². The monoisotopic (exact) mass is 610 g/mol. The van der Waals surface area contributed by atoms with Crippen molar-refractivity contribution in [2.75, 3.05) is 52.1 Å². The van der Waals surface area contributed by atoms with Crippen LogP contribution >= 0.6 is 35.0 Å². The van der Waals surface area contributed by atoms with Crippen LogP contribution in [0.3, 0.4) is 0 Å². The minimum atomic E-state index is -0.416. The van der Waals surface area contributed by atoms with E-state index >= 15 is 0 Å². The molecule has 0 spiro atoms. The zero-order valence-electron chi connectivity index (χ0n) is 23.8. The molecular weight excluding hydrogens is 571 g/mol. The Balaban J connectivity index is 1.09. The molecule has 2 aliphatic heterocycles. The first-order valence-corrected chi connectivity index (χ1v) is 16.6. The third-order valence-electron chi connectivity index (χ3n) is 8.62. The minimum absolute atomic E-state index is 0.121. The number of amides is 1. The molecule has 0 radical (unpaired) electrons. The lowest BCUT2D eigenvalue weighted by Crippen LogP contribution is -2.55. The maximum atomic E-state index is 13.3. The number of nitrogens with two attached hydrogens (primary N) is 1. The van der Waals surface area contributed by atoms with Gasteiger partial charge in [-0.05, 0) is 85.5 Å². The van der Waals surface area contributed by atoms with E-state index in [4.69, 9.17) is 28.9 Å². The number of benzene rings is 3. The maximum Gasteiger partial charge on any atom is 0.239 e. The first-order chi connectivity index (χ1) is 19.9. The molecule has 5 rings (SSSR count). The van der Waals surface area contributed by atoms with Crippen LogP contribution in [0.15, 0.2) is 71.6 Å². The summed E-state index contributed by atoms with van der Waals surface area (Å²) in [6.45, 7) is 7.06. The molecule has 2 fully saturated rings. The second-order valence-corrected chi connectivity index (χ2v) is 12.8. The highest BCUT2D eigenvalue weighted by atomic mass is 35.5. The smallest absolute Gasteiger partial charge is 0.239 e. The second kappa shape index (κ2) is 14.4. The maximum absolute atomic E-state index is 13.3. The number of carbonyl (C=O) groups is 1. The summed E-state index contributed by atoms with van der Waals surface area (Å²) in [6, 6.07) is 22.2. The van der Waals surface area contributed by atoms with E-state index in [2.05, 4.69) is 58.5 Å². The van der Waals surface area contributed by atoms with Gasteiger partial charge >= 0.3 is 0 Å². The summed E-state index contributed by atoms with van der Waals surface area (Å²) in [5, 5.41) is 1.49. The van der Waals surface area contributed by atoms with Crippen molar-refractivity contribution in [3.63, 3.8) is 0 Å². The predicted molar refractivity (Wildman–Crippen MR) is 173 cm³/mol.